The van der Waals surface area contributed by atoms with E-state index >= 15 is 0 Å². The summed E-state index contributed by atoms with van der Waals surface area (Å²) in [5.74, 6) is 0. The molecule has 0 aromatic rings. The van der Waals surface area contributed by atoms with Gasteiger partial charge < -0.3 is 18.9 Å². The number of hydrogen-bond donors (Lipinski definition) is 0. The summed E-state index contributed by atoms with van der Waals surface area (Å²) in [6, 6.07) is 0. The van der Waals surface area contributed by atoms with E-state index in [1.54, 1.807) is 13.8 Å². The van der Waals surface area contributed by atoms with E-state index in [4.69, 9.17) is 9.47 Å². The van der Waals surface area contributed by atoms with Crippen LogP contribution < -0.4 is 0 Å². The summed E-state index contributed by atoms with van der Waals surface area (Å²) < 4.78 is 18.5. The first-order valence-electron chi connectivity index (χ1n) is 5.29. The number of rotatable bonds is 7. The molecule has 0 heterocycles. The summed E-state index contributed by atoms with van der Waals surface area (Å²) in [6.45, 7) is 4.51. The van der Waals surface area contributed by atoms with Gasteiger partial charge >= 0.3 is 12.3 Å². The van der Waals surface area contributed by atoms with Crippen LogP contribution in [0.2, 0.25) is 0 Å². The number of carbonyl (C=O) groups excluding carboxylic acids is 2. The van der Waals surface area contributed by atoms with Crippen LogP contribution in [0, 0.1) is 0 Å². The van der Waals surface area contributed by atoms with Crippen molar-refractivity contribution >= 4 is 12.3 Å². The van der Waals surface area contributed by atoms with Crippen molar-refractivity contribution in [1.29, 1.82) is 0 Å². The maximum atomic E-state index is 10.7. The Labute approximate surface area is 94.8 Å². The Kier molecular flexibility index (Phi) is 9.15. The summed E-state index contributed by atoms with van der Waals surface area (Å²) in [4.78, 5) is 21.4. The third-order valence-electron chi connectivity index (χ3n) is 1.50. The van der Waals surface area contributed by atoms with E-state index in [2.05, 4.69) is 9.47 Å². The Morgan fingerprint density at radius 3 is 1.44 bits per heavy atom. The third kappa shape index (κ3) is 9.11. The zero-order chi connectivity index (χ0) is 12.2. The molecule has 0 bridgehead atoms. The molecule has 0 aromatic heterocycles. The van der Waals surface area contributed by atoms with Crippen LogP contribution >= 0.6 is 0 Å². The van der Waals surface area contributed by atoms with Gasteiger partial charge in [0.1, 0.15) is 0 Å². The van der Waals surface area contributed by atoms with Crippen molar-refractivity contribution in [1.82, 2.24) is 0 Å². The van der Waals surface area contributed by atoms with Gasteiger partial charge in [0.15, 0.2) is 0 Å². The van der Waals surface area contributed by atoms with Gasteiger partial charge in [-0.15, -0.1) is 0 Å². The predicted octanol–water partition coefficient (Wildman–Crippen LogP) is 2.11. The van der Waals surface area contributed by atoms with Crippen molar-refractivity contribution < 1.29 is 28.5 Å². The minimum absolute atomic E-state index is 0.255. The van der Waals surface area contributed by atoms with Gasteiger partial charge in [-0.25, -0.2) is 9.59 Å². The molecule has 0 amide bonds. The minimum atomic E-state index is -0.672. The van der Waals surface area contributed by atoms with Gasteiger partial charge in [0, 0.05) is 0 Å². The van der Waals surface area contributed by atoms with Crippen LogP contribution in [0.4, 0.5) is 9.59 Å². The van der Waals surface area contributed by atoms with Crippen LogP contribution in [0.1, 0.15) is 26.7 Å². The molecule has 0 N–H and O–H groups in total. The zero-order valence-electron chi connectivity index (χ0n) is 9.69. The maximum absolute atomic E-state index is 10.7. The molecule has 16 heavy (non-hydrogen) atoms. The van der Waals surface area contributed by atoms with E-state index in [9.17, 15) is 9.59 Å². The third-order valence-corrected chi connectivity index (χ3v) is 1.50. The molecule has 94 valence electrons. The van der Waals surface area contributed by atoms with Crippen LogP contribution in [0.25, 0.3) is 0 Å². The lowest BCUT2D eigenvalue weighted by Gasteiger charge is -2.05. The van der Waals surface area contributed by atoms with Crippen LogP contribution in [0.15, 0.2) is 0 Å². The topological polar surface area (TPSA) is 71.1 Å². The van der Waals surface area contributed by atoms with Crippen molar-refractivity contribution in [2.75, 3.05) is 26.4 Å². The second kappa shape index (κ2) is 10.1. The van der Waals surface area contributed by atoms with Gasteiger partial charge in [-0.05, 0) is 26.7 Å². The van der Waals surface area contributed by atoms with Crippen LogP contribution in [0.5, 0.6) is 0 Å². The molecule has 6 nitrogen and oxygen atoms in total. The Morgan fingerprint density at radius 2 is 1.12 bits per heavy atom. The number of unbranched alkanes of at least 4 members (excludes halogenated alkanes) is 1. The molecule has 0 aliphatic carbocycles. The van der Waals surface area contributed by atoms with Crippen molar-refractivity contribution in [2.24, 2.45) is 0 Å². The normalized spacial score (nSPS) is 9.38. The van der Waals surface area contributed by atoms with Crippen molar-refractivity contribution in [3.8, 4) is 0 Å². The monoisotopic (exact) mass is 234 g/mol. The van der Waals surface area contributed by atoms with E-state index < -0.39 is 12.3 Å². The highest BCUT2D eigenvalue weighted by Crippen LogP contribution is 1.95. The van der Waals surface area contributed by atoms with E-state index in [0.717, 1.165) is 0 Å². The maximum Gasteiger partial charge on any atom is 0.508 e. The fraction of sp³-hybridized carbons (Fsp3) is 0.800. The summed E-state index contributed by atoms with van der Waals surface area (Å²) in [5.41, 5.74) is 0. The van der Waals surface area contributed by atoms with Gasteiger partial charge in [-0.2, -0.15) is 0 Å². The Hall–Kier alpha value is -1.46. The smallest absolute Gasteiger partial charge is 0.435 e. The van der Waals surface area contributed by atoms with Crippen LogP contribution in [0.3, 0.4) is 0 Å². The lowest BCUT2D eigenvalue weighted by atomic mass is 10.3. The van der Waals surface area contributed by atoms with Crippen LogP contribution in [-0.4, -0.2) is 38.7 Å². The quantitative estimate of drug-likeness (QED) is 0.496. The molecular formula is C10H18O6. The molecule has 0 spiro atoms. The molecular weight excluding hydrogens is 216 g/mol. The average Bonchev–Trinajstić information content (AvgIpc) is 2.24. The van der Waals surface area contributed by atoms with E-state index in [-0.39, 0.29) is 13.2 Å². The Morgan fingerprint density at radius 1 is 0.750 bits per heavy atom. The molecule has 0 aliphatic rings. The molecule has 0 aromatic carbocycles. The zero-order valence-corrected chi connectivity index (χ0v) is 9.69. The predicted molar refractivity (Wildman–Crippen MR) is 55.2 cm³/mol. The molecule has 0 saturated heterocycles. The van der Waals surface area contributed by atoms with Gasteiger partial charge in [0.2, 0.25) is 0 Å². The summed E-state index contributed by atoms with van der Waals surface area (Å²) in [5, 5.41) is 0. The number of ether oxygens (including phenoxy) is 4. The number of carbonyl (C=O) groups is 2. The number of hydrogen-bond acceptors (Lipinski definition) is 6. The molecule has 0 rings (SSSR count). The van der Waals surface area contributed by atoms with Crippen molar-refractivity contribution in [3.63, 3.8) is 0 Å². The van der Waals surface area contributed by atoms with E-state index in [1.807, 2.05) is 0 Å². The molecule has 0 saturated carbocycles. The molecule has 0 radical (unpaired) electrons. The standard InChI is InChI=1S/C10H18O6/c1-3-13-9(11)15-7-5-6-8-16-10(12)14-4-2/h3-8H2,1-2H3. The van der Waals surface area contributed by atoms with Crippen molar-refractivity contribution in [2.45, 2.75) is 26.7 Å². The minimum Gasteiger partial charge on any atom is -0.435 e. The van der Waals surface area contributed by atoms with Crippen LogP contribution in [-0.2, 0) is 18.9 Å². The van der Waals surface area contributed by atoms with Gasteiger partial charge in [0.25, 0.3) is 0 Å². The Bertz CT molecular complexity index is 181. The SMILES string of the molecule is CCOC(=O)OCCCCOC(=O)OCC. The van der Waals surface area contributed by atoms with Gasteiger partial charge in [0.05, 0.1) is 26.4 Å². The van der Waals surface area contributed by atoms with Crippen molar-refractivity contribution in [3.05, 3.63) is 0 Å². The molecule has 6 heteroatoms. The summed E-state index contributed by atoms with van der Waals surface area (Å²) in [6.07, 6.45) is -0.126. The highest BCUT2D eigenvalue weighted by Gasteiger charge is 2.03. The van der Waals surface area contributed by atoms with E-state index in [1.165, 1.54) is 0 Å². The second-order valence-corrected chi connectivity index (χ2v) is 2.77. The highest BCUT2D eigenvalue weighted by atomic mass is 16.7. The lowest BCUT2D eigenvalue weighted by molar-refractivity contribution is 0.0472. The van der Waals surface area contributed by atoms with Gasteiger partial charge in [-0.1, -0.05) is 0 Å². The molecule has 0 unspecified atom stereocenters. The Balaban J connectivity index is 3.21. The summed E-state index contributed by atoms with van der Waals surface area (Å²) >= 11 is 0. The van der Waals surface area contributed by atoms with Gasteiger partial charge in [-0.3, -0.25) is 0 Å². The average molecular weight is 234 g/mol. The largest absolute Gasteiger partial charge is 0.508 e. The first-order chi connectivity index (χ1) is 7.70. The van der Waals surface area contributed by atoms with E-state index in [0.29, 0.717) is 26.1 Å². The first-order valence-corrected chi connectivity index (χ1v) is 5.29. The second-order valence-electron chi connectivity index (χ2n) is 2.77. The molecule has 0 fully saturated rings. The molecule has 0 aliphatic heterocycles. The molecule has 0 atom stereocenters. The fourth-order valence-electron chi connectivity index (χ4n) is 0.834. The summed E-state index contributed by atoms with van der Waals surface area (Å²) in [7, 11) is 0. The lowest BCUT2D eigenvalue weighted by Crippen LogP contribution is -2.10. The first kappa shape index (κ1) is 14.5. The fourth-order valence-corrected chi connectivity index (χ4v) is 0.834. The highest BCUT2D eigenvalue weighted by molar-refractivity contribution is 5.60.